The normalized spacial score (nSPS) is 12.0. The van der Waals surface area contributed by atoms with Gasteiger partial charge in [0.25, 0.3) is 0 Å². The lowest BCUT2D eigenvalue weighted by Crippen LogP contribution is -2.22. The standard InChI is InChI=1S/C12H15BrClNO2/c1-3-17-12(16)8(2)7-15-11-5-4-9(13)6-10(11)14/h4-6,8,15H,3,7H2,1-2H3. The molecular weight excluding hydrogens is 305 g/mol. The number of carbonyl (C=O) groups is 1. The van der Waals surface area contributed by atoms with Gasteiger partial charge in [0.15, 0.2) is 0 Å². The van der Waals surface area contributed by atoms with E-state index >= 15 is 0 Å². The zero-order valence-corrected chi connectivity index (χ0v) is 12.1. The van der Waals surface area contributed by atoms with E-state index in [-0.39, 0.29) is 11.9 Å². The Morgan fingerprint density at radius 3 is 2.88 bits per heavy atom. The van der Waals surface area contributed by atoms with E-state index in [0.29, 0.717) is 18.2 Å². The largest absolute Gasteiger partial charge is 0.466 e. The van der Waals surface area contributed by atoms with E-state index in [0.717, 1.165) is 10.2 Å². The molecule has 17 heavy (non-hydrogen) atoms. The van der Waals surface area contributed by atoms with Crippen molar-refractivity contribution in [2.75, 3.05) is 18.5 Å². The Kier molecular flexibility index (Phi) is 5.78. The second-order valence-electron chi connectivity index (χ2n) is 3.66. The highest BCUT2D eigenvalue weighted by molar-refractivity contribution is 9.10. The molecule has 0 radical (unpaired) electrons. The summed E-state index contributed by atoms with van der Waals surface area (Å²) < 4.78 is 5.84. The molecule has 0 bridgehead atoms. The van der Waals surface area contributed by atoms with Crippen LogP contribution < -0.4 is 5.32 Å². The van der Waals surface area contributed by atoms with Gasteiger partial charge >= 0.3 is 5.97 Å². The Morgan fingerprint density at radius 1 is 1.59 bits per heavy atom. The molecule has 0 aromatic heterocycles. The van der Waals surface area contributed by atoms with Crippen LogP contribution in [0, 0.1) is 5.92 Å². The fraction of sp³-hybridized carbons (Fsp3) is 0.417. The molecule has 0 heterocycles. The van der Waals surface area contributed by atoms with Crippen molar-refractivity contribution in [3.8, 4) is 0 Å². The number of esters is 1. The molecule has 0 spiro atoms. The molecule has 1 unspecified atom stereocenters. The molecule has 0 saturated heterocycles. The molecule has 3 nitrogen and oxygen atoms in total. The first-order valence-electron chi connectivity index (χ1n) is 5.40. The third kappa shape index (κ3) is 4.56. The van der Waals surface area contributed by atoms with Gasteiger partial charge in [0.05, 0.1) is 23.2 Å². The summed E-state index contributed by atoms with van der Waals surface area (Å²) in [6.45, 7) is 4.52. The first-order valence-corrected chi connectivity index (χ1v) is 6.57. The Labute approximate surface area is 115 Å². The van der Waals surface area contributed by atoms with Crippen molar-refractivity contribution in [1.82, 2.24) is 0 Å². The molecule has 1 rings (SSSR count). The minimum absolute atomic E-state index is 0.199. The molecule has 1 N–H and O–H groups in total. The first-order chi connectivity index (χ1) is 8.04. The molecule has 0 aliphatic rings. The van der Waals surface area contributed by atoms with Crippen molar-refractivity contribution in [3.63, 3.8) is 0 Å². The maximum atomic E-state index is 11.4. The van der Waals surface area contributed by atoms with Gasteiger partial charge in [0.1, 0.15) is 0 Å². The van der Waals surface area contributed by atoms with Gasteiger partial charge in [-0.2, -0.15) is 0 Å². The molecule has 1 atom stereocenters. The van der Waals surface area contributed by atoms with E-state index in [4.69, 9.17) is 16.3 Å². The van der Waals surface area contributed by atoms with Crippen LogP contribution >= 0.6 is 27.5 Å². The molecule has 1 aromatic carbocycles. The SMILES string of the molecule is CCOC(=O)C(C)CNc1ccc(Br)cc1Cl. The van der Waals surface area contributed by atoms with Gasteiger partial charge in [0, 0.05) is 11.0 Å². The second-order valence-corrected chi connectivity index (χ2v) is 4.98. The van der Waals surface area contributed by atoms with Crippen molar-refractivity contribution >= 4 is 39.2 Å². The fourth-order valence-corrected chi connectivity index (χ4v) is 2.00. The number of ether oxygens (including phenoxy) is 1. The van der Waals surface area contributed by atoms with E-state index < -0.39 is 0 Å². The average Bonchev–Trinajstić information content (AvgIpc) is 2.27. The predicted molar refractivity (Wildman–Crippen MR) is 73.4 cm³/mol. The van der Waals surface area contributed by atoms with Crippen LogP contribution in [0.4, 0.5) is 5.69 Å². The minimum Gasteiger partial charge on any atom is -0.466 e. The maximum Gasteiger partial charge on any atom is 0.310 e. The van der Waals surface area contributed by atoms with Gasteiger partial charge < -0.3 is 10.1 Å². The lowest BCUT2D eigenvalue weighted by atomic mass is 10.2. The molecule has 0 aliphatic heterocycles. The molecular formula is C12H15BrClNO2. The molecule has 1 aromatic rings. The summed E-state index contributed by atoms with van der Waals surface area (Å²) >= 11 is 9.38. The van der Waals surface area contributed by atoms with Crippen molar-refractivity contribution in [1.29, 1.82) is 0 Å². The van der Waals surface area contributed by atoms with Crippen LogP contribution in [0.5, 0.6) is 0 Å². The summed E-state index contributed by atoms with van der Waals surface area (Å²) in [5, 5.41) is 3.75. The number of carbonyl (C=O) groups excluding carboxylic acids is 1. The average molecular weight is 321 g/mol. The highest BCUT2D eigenvalue weighted by atomic mass is 79.9. The van der Waals surface area contributed by atoms with Crippen LogP contribution in [-0.2, 0) is 9.53 Å². The monoisotopic (exact) mass is 319 g/mol. The highest BCUT2D eigenvalue weighted by Gasteiger charge is 2.13. The van der Waals surface area contributed by atoms with Gasteiger partial charge in [-0.1, -0.05) is 34.5 Å². The minimum atomic E-state index is -0.201. The zero-order valence-electron chi connectivity index (χ0n) is 9.80. The lowest BCUT2D eigenvalue weighted by molar-refractivity contribution is -0.146. The van der Waals surface area contributed by atoms with Gasteiger partial charge in [-0.05, 0) is 25.1 Å². The number of rotatable bonds is 5. The van der Waals surface area contributed by atoms with Gasteiger partial charge in [-0.3, -0.25) is 4.79 Å². The number of hydrogen-bond acceptors (Lipinski definition) is 3. The summed E-state index contributed by atoms with van der Waals surface area (Å²) in [7, 11) is 0. The van der Waals surface area contributed by atoms with Crippen LogP contribution in [0.3, 0.4) is 0 Å². The van der Waals surface area contributed by atoms with Crippen LogP contribution in [0.15, 0.2) is 22.7 Å². The van der Waals surface area contributed by atoms with E-state index in [9.17, 15) is 4.79 Å². The van der Waals surface area contributed by atoms with Crippen molar-refractivity contribution in [2.45, 2.75) is 13.8 Å². The van der Waals surface area contributed by atoms with Crippen molar-refractivity contribution in [3.05, 3.63) is 27.7 Å². The molecule has 5 heteroatoms. The van der Waals surface area contributed by atoms with E-state index in [1.54, 1.807) is 13.0 Å². The van der Waals surface area contributed by atoms with Crippen LogP contribution in [0.25, 0.3) is 0 Å². The summed E-state index contributed by atoms with van der Waals surface area (Å²) in [4.78, 5) is 11.4. The van der Waals surface area contributed by atoms with Crippen LogP contribution in [-0.4, -0.2) is 19.1 Å². The molecule has 94 valence electrons. The zero-order chi connectivity index (χ0) is 12.8. The predicted octanol–water partition coefficient (Wildman–Crippen LogP) is 3.71. The van der Waals surface area contributed by atoms with Crippen molar-refractivity contribution in [2.24, 2.45) is 5.92 Å². The third-order valence-electron chi connectivity index (χ3n) is 2.22. The number of benzene rings is 1. The van der Waals surface area contributed by atoms with Gasteiger partial charge in [0.2, 0.25) is 0 Å². The summed E-state index contributed by atoms with van der Waals surface area (Å²) in [6.07, 6.45) is 0. The first kappa shape index (κ1) is 14.3. The van der Waals surface area contributed by atoms with Crippen molar-refractivity contribution < 1.29 is 9.53 Å². The molecule has 0 amide bonds. The molecule has 0 fully saturated rings. The van der Waals surface area contributed by atoms with Gasteiger partial charge in [-0.25, -0.2) is 0 Å². The molecule has 0 aliphatic carbocycles. The van der Waals surface area contributed by atoms with Crippen LogP contribution in [0.2, 0.25) is 5.02 Å². The number of anilines is 1. The van der Waals surface area contributed by atoms with Crippen LogP contribution in [0.1, 0.15) is 13.8 Å². The quantitative estimate of drug-likeness (QED) is 0.840. The maximum absolute atomic E-state index is 11.4. The second kappa shape index (κ2) is 6.87. The summed E-state index contributed by atoms with van der Waals surface area (Å²) in [5.74, 6) is -0.400. The number of nitrogens with one attached hydrogen (secondary N) is 1. The Bertz CT molecular complexity index is 398. The number of halogens is 2. The molecule has 0 saturated carbocycles. The lowest BCUT2D eigenvalue weighted by Gasteiger charge is -2.13. The van der Waals surface area contributed by atoms with E-state index in [1.165, 1.54) is 0 Å². The smallest absolute Gasteiger partial charge is 0.310 e. The third-order valence-corrected chi connectivity index (χ3v) is 3.02. The highest BCUT2D eigenvalue weighted by Crippen LogP contribution is 2.25. The Morgan fingerprint density at radius 2 is 2.29 bits per heavy atom. The Hall–Kier alpha value is -0.740. The van der Waals surface area contributed by atoms with Gasteiger partial charge in [-0.15, -0.1) is 0 Å². The Balaban J connectivity index is 2.52. The summed E-state index contributed by atoms with van der Waals surface area (Å²) in [5.41, 5.74) is 0.811. The van der Waals surface area contributed by atoms with E-state index in [2.05, 4.69) is 21.2 Å². The fourth-order valence-electron chi connectivity index (χ4n) is 1.26. The number of hydrogen-bond donors (Lipinski definition) is 1. The topological polar surface area (TPSA) is 38.3 Å². The summed E-state index contributed by atoms with van der Waals surface area (Å²) in [6, 6.07) is 5.56. The van der Waals surface area contributed by atoms with E-state index in [1.807, 2.05) is 19.1 Å².